The molecule has 0 radical (unpaired) electrons. The molecule has 192 valence electrons. The summed E-state index contributed by atoms with van der Waals surface area (Å²) in [5, 5.41) is 4.90. The second kappa shape index (κ2) is 8.65. The smallest absolute Gasteiger partial charge is 0.227 e. The Hall–Kier alpha value is -5.19. The van der Waals surface area contributed by atoms with Crippen molar-refractivity contribution >= 4 is 64.4 Å². The maximum Gasteiger partial charge on any atom is 0.227 e. The zero-order valence-corrected chi connectivity index (χ0v) is 22.7. The number of hydrogen-bond acceptors (Lipinski definition) is 3. The molecule has 6 aromatic carbocycles. The molecule has 0 saturated carbocycles. The molecule has 0 atom stereocenters. The lowest BCUT2D eigenvalue weighted by atomic mass is 10.0. The first-order valence-corrected chi connectivity index (χ1v) is 14.5. The van der Waals surface area contributed by atoms with Crippen LogP contribution < -0.4 is 0 Å². The molecule has 9 rings (SSSR count). The number of fused-ring (bicyclic) bond motifs is 8. The number of oxazole rings is 1. The van der Waals surface area contributed by atoms with Crippen LogP contribution in [0.4, 0.5) is 0 Å². The first kappa shape index (κ1) is 22.6. The molecule has 0 aliphatic heterocycles. The van der Waals surface area contributed by atoms with Gasteiger partial charge in [0.25, 0.3) is 0 Å². The Morgan fingerprint density at radius 3 is 1.98 bits per heavy atom. The summed E-state index contributed by atoms with van der Waals surface area (Å²) in [6.07, 6.45) is 0. The highest BCUT2D eigenvalue weighted by Crippen LogP contribution is 2.41. The van der Waals surface area contributed by atoms with E-state index in [0.29, 0.717) is 5.89 Å². The van der Waals surface area contributed by atoms with Gasteiger partial charge in [-0.2, -0.15) is 0 Å². The molecule has 0 saturated heterocycles. The van der Waals surface area contributed by atoms with Crippen LogP contribution in [0.25, 0.3) is 81.3 Å². The van der Waals surface area contributed by atoms with E-state index in [9.17, 15) is 0 Å². The van der Waals surface area contributed by atoms with Crippen molar-refractivity contribution in [3.63, 3.8) is 0 Å². The van der Waals surface area contributed by atoms with E-state index in [1.54, 1.807) is 0 Å². The zero-order chi connectivity index (χ0) is 26.9. The lowest BCUT2D eigenvalue weighted by molar-refractivity contribution is 0.620. The highest BCUT2D eigenvalue weighted by Gasteiger charge is 2.17. The molecule has 0 N–H and O–H groups in total. The SMILES string of the molecule is c1ccc(-c2ccc3c(c2)sc2ccc4oc(-c5ccc(-n6c7ccccc7c7ccccc76)cc5)nc4c23)cc1. The molecule has 0 spiro atoms. The fourth-order valence-electron chi connectivity index (χ4n) is 6.14. The number of benzene rings is 6. The number of thiophene rings is 1. The molecule has 0 unspecified atom stereocenters. The third-order valence-corrected chi connectivity index (χ3v) is 9.17. The van der Waals surface area contributed by atoms with Crippen molar-refractivity contribution in [3.05, 3.63) is 133 Å². The molecule has 3 aromatic heterocycles. The minimum Gasteiger partial charge on any atom is -0.436 e. The molecule has 0 aliphatic carbocycles. The summed E-state index contributed by atoms with van der Waals surface area (Å²) in [6, 6.07) is 47.1. The largest absolute Gasteiger partial charge is 0.436 e. The topological polar surface area (TPSA) is 31.0 Å². The average Bonchev–Trinajstić information content (AvgIpc) is 3.73. The first-order valence-electron chi connectivity index (χ1n) is 13.7. The Morgan fingerprint density at radius 2 is 1.22 bits per heavy atom. The monoisotopic (exact) mass is 542 g/mol. The summed E-state index contributed by atoms with van der Waals surface area (Å²) < 4.78 is 11.1. The Labute approximate surface area is 239 Å². The fourth-order valence-corrected chi connectivity index (χ4v) is 7.29. The molecule has 0 amide bonds. The van der Waals surface area contributed by atoms with Crippen molar-refractivity contribution in [2.45, 2.75) is 0 Å². The molecule has 41 heavy (non-hydrogen) atoms. The van der Waals surface area contributed by atoms with Crippen LogP contribution in [0.5, 0.6) is 0 Å². The van der Waals surface area contributed by atoms with Gasteiger partial charge >= 0.3 is 0 Å². The summed E-state index contributed by atoms with van der Waals surface area (Å²) in [7, 11) is 0. The van der Waals surface area contributed by atoms with Crippen molar-refractivity contribution in [1.82, 2.24) is 9.55 Å². The lowest BCUT2D eigenvalue weighted by Crippen LogP contribution is -1.93. The molecule has 0 fully saturated rings. The number of hydrogen-bond donors (Lipinski definition) is 0. The first-order chi connectivity index (χ1) is 20.3. The van der Waals surface area contributed by atoms with Gasteiger partial charge in [-0.05, 0) is 65.7 Å². The van der Waals surface area contributed by atoms with Gasteiger partial charge in [-0.1, -0.05) is 78.9 Å². The average molecular weight is 543 g/mol. The number of nitrogens with zero attached hydrogens (tertiary/aromatic N) is 2. The van der Waals surface area contributed by atoms with Crippen molar-refractivity contribution in [2.24, 2.45) is 0 Å². The van der Waals surface area contributed by atoms with Gasteiger partial charge in [-0.25, -0.2) is 4.98 Å². The van der Waals surface area contributed by atoms with Crippen LogP contribution in [-0.2, 0) is 0 Å². The Balaban J connectivity index is 1.15. The molecule has 0 aliphatic rings. The minimum absolute atomic E-state index is 0.640. The Morgan fingerprint density at radius 1 is 0.537 bits per heavy atom. The lowest BCUT2D eigenvalue weighted by Gasteiger charge is -2.08. The van der Waals surface area contributed by atoms with Crippen LogP contribution in [0.3, 0.4) is 0 Å². The predicted octanol–water partition coefficient (Wildman–Crippen LogP) is 10.6. The van der Waals surface area contributed by atoms with Crippen molar-refractivity contribution in [1.29, 1.82) is 0 Å². The van der Waals surface area contributed by atoms with Crippen LogP contribution in [0.15, 0.2) is 138 Å². The van der Waals surface area contributed by atoms with E-state index in [4.69, 9.17) is 9.40 Å². The van der Waals surface area contributed by atoms with E-state index in [1.807, 2.05) is 17.4 Å². The van der Waals surface area contributed by atoms with Gasteiger partial charge < -0.3 is 8.98 Å². The van der Waals surface area contributed by atoms with Crippen LogP contribution in [-0.4, -0.2) is 9.55 Å². The summed E-state index contributed by atoms with van der Waals surface area (Å²) in [6.45, 7) is 0. The van der Waals surface area contributed by atoms with Gasteiger partial charge in [-0.15, -0.1) is 11.3 Å². The standard InChI is InChI=1S/C37H22N2OS/c1-2-8-23(9-3-1)25-16-19-29-34(22-25)41-33-21-20-32-36(35(29)33)38-37(40-32)24-14-17-26(18-15-24)39-30-12-6-4-10-27(30)28-11-5-7-13-31(28)39/h1-22H. The van der Waals surface area contributed by atoms with Gasteiger partial charge in [0.05, 0.1) is 11.0 Å². The van der Waals surface area contributed by atoms with Gasteiger partial charge in [0.1, 0.15) is 5.52 Å². The number of aromatic nitrogens is 2. The van der Waals surface area contributed by atoms with Crippen molar-refractivity contribution < 1.29 is 4.42 Å². The van der Waals surface area contributed by atoms with Crippen LogP contribution in [0, 0.1) is 0 Å². The van der Waals surface area contributed by atoms with Crippen LogP contribution in [0.2, 0.25) is 0 Å². The summed E-state index contributed by atoms with van der Waals surface area (Å²) in [4.78, 5) is 5.04. The number of rotatable bonds is 3. The Kier molecular flexibility index (Phi) is 4.77. The molecule has 0 bridgehead atoms. The second-order valence-electron chi connectivity index (χ2n) is 10.4. The van der Waals surface area contributed by atoms with E-state index in [-0.39, 0.29) is 0 Å². The van der Waals surface area contributed by atoms with E-state index >= 15 is 0 Å². The van der Waals surface area contributed by atoms with Gasteiger partial charge in [-0.3, -0.25) is 0 Å². The van der Waals surface area contributed by atoms with E-state index in [0.717, 1.165) is 22.4 Å². The normalized spacial score (nSPS) is 11.9. The third kappa shape index (κ3) is 3.41. The van der Waals surface area contributed by atoms with E-state index in [1.165, 1.54) is 53.1 Å². The number of para-hydroxylation sites is 2. The maximum absolute atomic E-state index is 6.33. The quantitative estimate of drug-likeness (QED) is 0.222. The molecule has 4 heteroatoms. The van der Waals surface area contributed by atoms with Crippen LogP contribution in [0.1, 0.15) is 0 Å². The second-order valence-corrected chi connectivity index (χ2v) is 11.5. The predicted molar refractivity (Wildman–Crippen MR) is 172 cm³/mol. The fraction of sp³-hybridized carbons (Fsp3) is 0. The van der Waals surface area contributed by atoms with Crippen LogP contribution >= 0.6 is 11.3 Å². The zero-order valence-electron chi connectivity index (χ0n) is 21.9. The van der Waals surface area contributed by atoms with E-state index < -0.39 is 0 Å². The third-order valence-electron chi connectivity index (χ3n) is 8.05. The summed E-state index contributed by atoms with van der Waals surface area (Å²) in [5.74, 6) is 0.640. The highest BCUT2D eigenvalue weighted by atomic mass is 32.1. The molecular weight excluding hydrogens is 520 g/mol. The van der Waals surface area contributed by atoms with Gasteiger partial charge in [0, 0.05) is 42.2 Å². The molecular formula is C37H22N2OS. The Bertz CT molecular complexity index is 2360. The minimum atomic E-state index is 0.640. The van der Waals surface area contributed by atoms with Crippen molar-refractivity contribution in [3.8, 4) is 28.3 Å². The van der Waals surface area contributed by atoms with Gasteiger partial charge in [0.2, 0.25) is 5.89 Å². The highest BCUT2D eigenvalue weighted by molar-refractivity contribution is 7.26. The van der Waals surface area contributed by atoms with Gasteiger partial charge in [0.15, 0.2) is 5.58 Å². The summed E-state index contributed by atoms with van der Waals surface area (Å²) >= 11 is 1.81. The molecule has 3 heterocycles. The molecule has 9 aromatic rings. The van der Waals surface area contributed by atoms with Crippen molar-refractivity contribution in [2.75, 3.05) is 0 Å². The summed E-state index contributed by atoms with van der Waals surface area (Å²) in [5.41, 5.74) is 8.66. The van der Waals surface area contributed by atoms with E-state index in [2.05, 4.69) is 132 Å². The molecule has 3 nitrogen and oxygen atoms in total. The maximum atomic E-state index is 6.33.